The van der Waals surface area contributed by atoms with Crippen LogP contribution in [0, 0.1) is 23.7 Å². The molecule has 3 fully saturated rings. The van der Waals surface area contributed by atoms with E-state index in [1.54, 1.807) is 64.2 Å². The SMILES string of the molecule is C.C.C.C1CCC2C(C1)CCC1CCCCC12. The monoisotopic (exact) mass is 240 g/mol. The Labute approximate surface area is 111 Å². The largest absolute Gasteiger partial charge is 0.0776 e. The van der Waals surface area contributed by atoms with E-state index in [-0.39, 0.29) is 22.3 Å². The van der Waals surface area contributed by atoms with E-state index in [1.807, 2.05) is 0 Å². The molecule has 0 heterocycles. The molecule has 104 valence electrons. The predicted octanol–water partition coefficient (Wildman–Crippen LogP) is 6.30. The summed E-state index contributed by atoms with van der Waals surface area (Å²) in [6.07, 6.45) is 15.7. The van der Waals surface area contributed by atoms with Gasteiger partial charge in [0.2, 0.25) is 0 Å². The van der Waals surface area contributed by atoms with Crippen LogP contribution in [0.15, 0.2) is 0 Å². The molecule has 4 unspecified atom stereocenters. The standard InChI is InChI=1S/C14H24.3CH4/c1-3-7-13-11(5-1)9-10-12-6-2-4-8-14(12)13;;;/h11-14H,1-10H2;3*1H4. The van der Waals surface area contributed by atoms with E-state index in [4.69, 9.17) is 0 Å². The van der Waals surface area contributed by atoms with Gasteiger partial charge in [0.1, 0.15) is 0 Å². The molecule has 0 radical (unpaired) electrons. The summed E-state index contributed by atoms with van der Waals surface area (Å²) in [5.41, 5.74) is 0. The van der Waals surface area contributed by atoms with Crippen LogP contribution in [-0.2, 0) is 0 Å². The van der Waals surface area contributed by atoms with Gasteiger partial charge in [-0.3, -0.25) is 0 Å². The molecule has 3 saturated carbocycles. The lowest BCUT2D eigenvalue weighted by Gasteiger charge is -2.48. The van der Waals surface area contributed by atoms with Crippen LogP contribution in [0.5, 0.6) is 0 Å². The Morgan fingerprint density at radius 3 is 1.18 bits per heavy atom. The summed E-state index contributed by atoms with van der Waals surface area (Å²) in [6, 6.07) is 0. The molecule has 0 aromatic rings. The molecule has 0 N–H and O–H groups in total. The molecule has 0 aromatic carbocycles. The summed E-state index contributed by atoms with van der Waals surface area (Å²) in [5, 5.41) is 0. The third-order valence-electron chi connectivity index (χ3n) is 5.39. The predicted molar refractivity (Wildman–Crippen MR) is 80.3 cm³/mol. The van der Waals surface area contributed by atoms with Gasteiger partial charge in [0.25, 0.3) is 0 Å². The second-order valence-electron chi connectivity index (χ2n) is 5.99. The highest BCUT2D eigenvalue weighted by Crippen LogP contribution is 2.51. The van der Waals surface area contributed by atoms with Crippen molar-refractivity contribution in [3.8, 4) is 0 Å². The molecule has 0 bridgehead atoms. The minimum absolute atomic E-state index is 0. The van der Waals surface area contributed by atoms with Crippen molar-refractivity contribution in [2.24, 2.45) is 23.7 Å². The normalized spacial score (nSPS) is 39.5. The average molecular weight is 240 g/mol. The van der Waals surface area contributed by atoms with Crippen molar-refractivity contribution in [3.05, 3.63) is 0 Å². The second-order valence-corrected chi connectivity index (χ2v) is 5.99. The molecule has 0 amide bonds. The molecule has 0 nitrogen and oxygen atoms in total. The summed E-state index contributed by atoms with van der Waals surface area (Å²) in [7, 11) is 0. The van der Waals surface area contributed by atoms with Crippen LogP contribution in [0.2, 0.25) is 0 Å². The van der Waals surface area contributed by atoms with E-state index in [9.17, 15) is 0 Å². The van der Waals surface area contributed by atoms with Gasteiger partial charge in [0, 0.05) is 0 Å². The molecule has 3 rings (SSSR count). The molecule has 0 aromatic heterocycles. The second kappa shape index (κ2) is 7.44. The minimum atomic E-state index is 0. The fourth-order valence-corrected chi connectivity index (χ4v) is 4.74. The van der Waals surface area contributed by atoms with Gasteiger partial charge in [-0.1, -0.05) is 60.8 Å². The van der Waals surface area contributed by atoms with Crippen molar-refractivity contribution in [1.29, 1.82) is 0 Å². The van der Waals surface area contributed by atoms with Crippen molar-refractivity contribution in [3.63, 3.8) is 0 Å². The topological polar surface area (TPSA) is 0 Å². The fourth-order valence-electron chi connectivity index (χ4n) is 4.74. The number of rotatable bonds is 0. The van der Waals surface area contributed by atoms with Crippen LogP contribution in [0.4, 0.5) is 0 Å². The van der Waals surface area contributed by atoms with Gasteiger partial charge in [-0.05, 0) is 49.4 Å². The first-order valence-electron chi connectivity index (χ1n) is 6.95. The Bertz CT molecular complexity index is 174. The first-order chi connectivity index (χ1) is 6.95. The quantitative estimate of drug-likeness (QED) is 0.466. The smallest absolute Gasteiger partial charge is 0.0355 e. The Balaban J connectivity index is 0.000000853. The summed E-state index contributed by atoms with van der Waals surface area (Å²) in [4.78, 5) is 0. The summed E-state index contributed by atoms with van der Waals surface area (Å²) < 4.78 is 0. The van der Waals surface area contributed by atoms with E-state index in [2.05, 4.69) is 0 Å². The molecule has 0 spiro atoms. The fraction of sp³-hybridized carbons (Fsp3) is 1.00. The zero-order valence-electron chi connectivity index (χ0n) is 9.38. The Morgan fingerprint density at radius 2 is 0.765 bits per heavy atom. The average Bonchev–Trinajstić information content (AvgIpc) is 2.29. The Hall–Kier alpha value is 0. The molecule has 3 aliphatic rings. The zero-order valence-corrected chi connectivity index (χ0v) is 9.38. The maximum atomic E-state index is 1.59. The highest BCUT2D eigenvalue weighted by atomic mass is 14.5. The van der Waals surface area contributed by atoms with Crippen molar-refractivity contribution in [2.45, 2.75) is 86.5 Å². The molecular formula is C17H36. The molecule has 17 heavy (non-hydrogen) atoms. The molecule has 4 atom stereocenters. The van der Waals surface area contributed by atoms with Crippen LogP contribution in [0.1, 0.15) is 86.5 Å². The lowest BCUT2D eigenvalue weighted by atomic mass is 9.58. The third-order valence-corrected chi connectivity index (χ3v) is 5.39. The van der Waals surface area contributed by atoms with Crippen LogP contribution in [0.25, 0.3) is 0 Å². The highest BCUT2D eigenvalue weighted by Gasteiger charge is 2.40. The van der Waals surface area contributed by atoms with E-state index < -0.39 is 0 Å². The third kappa shape index (κ3) is 3.26. The number of hydrogen-bond acceptors (Lipinski definition) is 0. The summed E-state index contributed by atoms with van der Waals surface area (Å²) in [5.74, 6) is 4.65. The van der Waals surface area contributed by atoms with Crippen molar-refractivity contribution < 1.29 is 0 Å². The van der Waals surface area contributed by atoms with Crippen molar-refractivity contribution in [1.82, 2.24) is 0 Å². The van der Waals surface area contributed by atoms with Gasteiger partial charge >= 0.3 is 0 Å². The van der Waals surface area contributed by atoms with E-state index in [0.29, 0.717) is 0 Å². The van der Waals surface area contributed by atoms with E-state index >= 15 is 0 Å². The molecule has 0 heteroatoms. The first kappa shape index (κ1) is 17.0. The van der Waals surface area contributed by atoms with Gasteiger partial charge in [0.05, 0.1) is 0 Å². The van der Waals surface area contributed by atoms with Crippen molar-refractivity contribution >= 4 is 0 Å². The van der Waals surface area contributed by atoms with Crippen LogP contribution in [-0.4, -0.2) is 0 Å². The van der Waals surface area contributed by atoms with Gasteiger partial charge in [-0.2, -0.15) is 0 Å². The lowest BCUT2D eigenvalue weighted by molar-refractivity contribution is 0.0278. The summed E-state index contributed by atoms with van der Waals surface area (Å²) >= 11 is 0. The maximum Gasteiger partial charge on any atom is -0.0355 e. The molecular weight excluding hydrogens is 204 g/mol. The molecule has 0 saturated heterocycles. The van der Waals surface area contributed by atoms with Gasteiger partial charge in [-0.15, -0.1) is 0 Å². The van der Waals surface area contributed by atoms with E-state index in [0.717, 1.165) is 11.8 Å². The zero-order chi connectivity index (χ0) is 9.38. The van der Waals surface area contributed by atoms with E-state index in [1.165, 1.54) is 11.8 Å². The Morgan fingerprint density at radius 1 is 0.412 bits per heavy atom. The van der Waals surface area contributed by atoms with Crippen LogP contribution < -0.4 is 0 Å². The number of fused-ring (bicyclic) bond motifs is 3. The first-order valence-corrected chi connectivity index (χ1v) is 6.95. The lowest BCUT2D eigenvalue weighted by Crippen LogP contribution is -2.38. The van der Waals surface area contributed by atoms with Gasteiger partial charge in [0.15, 0.2) is 0 Å². The van der Waals surface area contributed by atoms with Crippen molar-refractivity contribution in [2.75, 3.05) is 0 Å². The maximum absolute atomic E-state index is 1.59. The van der Waals surface area contributed by atoms with Crippen LogP contribution >= 0.6 is 0 Å². The van der Waals surface area contributed by atoms with Gasteiger partial charge in [-0.25, -0.2) is 0 Å². The van der Waals surface area contributed by atoms with Crippen LogP contribution in [0.3, 0.4) is 0 Å². The minimum Gasteiger partial charge on any atom is -0.0776 e. The molecule has 0 aliphatic heterocycles. The number of hydrogen-bond donors (Lipinski definition) is 0. The van der Waals surface area contributed by atoms with Gasteiger partial charge < -0.3 is 0 Å². The Kier molecular flexibility index (Phi) is 7.44. The highest BCUT2D eigenvalue weighted by molar-refractivity contribution is 4.91. The molecule has 3 aliphatic carbocycles. The summed E-state index contributed by atoms with van der Waals surface area (Å²) in [6.45, 7) is 0.